The third kappa shape index (κ3) is 2.69. The lowest BCUT2D eigenvalue weighted by atomic mass is 9.92. The lowest BCUT2D eigenvalue weighted by Crippen LogP contribution is -2.12. The highest BCUT2D eigenvalue weighted by Gasteiger charge is 2.12. The Bertz CT molecular complexity index is 762. The van der Waals surface area contributed by atoms with E-state index in [9.17, 15) is 0 Å². The Labute approximate surface area is 130 Å². The van der Waals surface area contributed by atoms with E-state index in [1.54, 1.807) is 11.8 Å². The number of hydrogen-bond donors (Lipinski definition) is 1. The van der Waals surface area contributed by atoms with Crippen molar-refractivity contribution in [3.05, 3.63) is 77.4 Å². The zero-order valence-electron chi connectivity index (χ0n) is 12.3. The first kappa shape index (κ1) is 14.2. The molecule has 0 aliphatic heterocycles. The predicted octanol–water partition coefficient (Wildman–Crippen LogP) is 4.92. The summed E-state index contributed by atoms with van der Waals surface area (Å²) in [6.07, 6.45) is 2.09. The van der Waals surface area contributed by atoms with Gasteiger partial charge in [-0.15, -0.1) is 11.8 Å². The van der Waals surface area contributed by atoms with Gasteiger partial charge in [-0.25, -0.2) is 0 Å². The maximum absolute atomic E-state index is 6.52. The van der Waals surface area contributed by atoms with E-state index in [2.05, 4.69) is 73.8 Å². The molecule has 0 heterocycles. The summed E-state index contributed by atoms with van der Waals surface area (Å²) in [5.74, 6) is 0. The smallest absolute Gasteiger partial charge is 0.0557 e. The number of hydrogen-bond acceptors (Lipinski definition) is 2. The summed E-state index contributed by atoms with van der Waals surface area (Å²) in [6.45, 7) is 2.14. The third-order valence-corrected chi connectivity index (χ3v) is 4.73. The third-order valence-electron chi connectivity index (χ3n) is 3.99. The second-order valence-electron chi connectivity index (χ2n) is 5.27. The van der Waals surface area contributed by atoms with Crippen LogP contribution in [0.15, 0.2) is 65.6 Å². The van der Waals surface area contributed by atoms with Crippen LogP contribution in [-0.2, 0) is 0 Å². The molecule has 0 amide bonds. The largest absolute Gasteiger partial charge is 0.320 e. The van der Waals surface area contributed by atoms with Gasteiger partial charge in [0.2, 0.25) is 0 Å². The lowest BCUT2D eigenvalue weighted by molar-refractivity contribution is 0.878. The summed E-state index contributed by atoms with van der Waals surface area (Å²) >= 11 is 1.75. The Kier molecular flexibility index (Phi) is 4.00. The van der Waals surface area contributed by atoms with Crippen LogP contribution in [-0.4, -0.2) is 6.26 Å². The van der Waals surface area contributed by atoms with Gasteiger partial charge in [-0.3, -0.25) is 0 Å². The van der Waals surface area contributed by atoms with Gasteiger partial charge in [0, 0.05) is 4.90 Å². The van der Waals surface area contributed by atoms with Gasteiger partial charge < -0.3 is 5.73 Å². The van der Waals surface area contributed by atoms with Gasteiger partial charge in [-0.2, -0.15) is 0 Å². The number of benzene rings is 3. The highest BCUT2D eigenvalue weighted by molar-refractivity contribution is 7.98. The molecule has 3 aromatic rings. The van der Waals surface area contributed by atoms with Gasteiger partial charge >= 0.3 is 0 Å². The van der Waals surface area contributed by atoms with E-state index >= 15 is 0 Å². The Hall–Kier alpha value is -1.77. The zero-order valence-corrected chi connectivity index (χ0v) is 13.2. The van der Waals surface area contributed by atoms with Crippen LogP contribution in [0.3, 0.4) is 0 Å². The van der Waals surface area contributed by atoms with Crippen molar-refractivity contribution in [3.63, 3.8) is 0 Å². The summed E-state index contributed by atoms with van der Waals surface area (Å²) in [7, 11) is 0. The highest BCUT2D eigenvalue weighted by Crippen LogP contribution is 2.30. The molecule has 0 bridgehead atoms. The quantitative estimate of drug-likeness (QED) is 0.694. The van der Waals surface area contributed by atoms with Crippen LogP contribution in [0, 0.1) is 6.92 Å². The molecule has 1 unspecified atom stereocenters. The van der Waals surface area contributed by atoms with Crippen LogP contribution in [0.2, 0.25) is 0 Å². The molecule has 0 fully saturated rings. The fraction of sp³-hybridized carbons (Fsp3) is 0.158. The second-order valence-corrected chi connectivity index (χ2v) is 6.15. The van der Waals surface area contributed by atoms with Gasteiger partial charge in [0.15, 0.2) is 0 Å². The average molecular weight is 293 g/mol. The van der Waals surface area contributed by atoms with E-state index in [-0.39, 0.29) is 6.04 Å². The van der Waals surface area contributed by atoms with Crippen LogP contribution in [0.4, 0.5) is 0 Å². The molecule has 0 aromatic heterocycles. The summed E-state index contributed by atoms with van der Waals surface area (Å²) in [6, 6.07) is 21.2. The molecule has 1 atom stereocenters. The van der Waals surface area contributed by atoms with E-state index in [0.717, 1.165) is 5.56 Å². The molecule has 2 heteroatoms. The average Bonchev–Trinajstić information content (AvgIpc) is 2.55. The number of rotatable bonds is 3. The second kappa shape index (κ2) is 5.92. The predicted molar refractivity (Wildman–Crippen MR) is 92.9 cm³/mol. The molecule has 0 aliphatic rings. The summed E-state index contributed by atoms with van der Waals surface area (Å²) in [4.78, 5) is 1.26. The van der Waals surface area contributed by atoms with Crippen molar-refractivity contribution in [1.29, 1.82) is 0 Å². The number of fused-ring (bicyclic) bond motifs is 1. The van der Waals surface area contributed by atoms with Crippen molar-refractivity contribution in [2.75, 3.05) is 6.26 Å². The van der Waals surface area contributed by atoms with Gasteiger partial charge in [-0.05, 0) is 52.8 Å². The van der Waals surface area contributed by atoms with E-state index in [1.165, 1.54) is 26.8 Å². The van der Waals surface area contributed by atoms with Crippen LogP contribution in [0.25, 0.3) is 10.8 Å². The molecule has 2 N–H and O–H groups in total. The molecule has 0 saturated heterocycles. The lowest BCUT2D eigenvalue weighted by Gasteiger charge is -2.16. The van der Waals surface area contributed by atoms with Crippen LogP contribution in [0.1, 0.15) is 22.7 Å². The van der Waals surface area contributed by atoms with Crippen molar-refractivity contribution >= 4 is 22.5 Å². The Morgan fingerprint density at radius 3 is 2.19 bits per heavy atom. The summed E-state index contributed by atoms with van der Waals surface area (Å²) in [5.41, 5.74) is 10.2. The maximum atomic E-state index is 6.52. The fourth-order valence-corrected chi connectivity index (χ4v) is 3.14. The van der Waals surface area contributed by atoms with Gasteiger partial charge in [-0.1, -0.05) is 48.5 Å². The van der Waals surface area contributed by atoms with Crippen LogP contribution < -0.4 is 5.73 Å². The molecular formula is C19H19NS. The minimum Gasteiger partial charge on any atom is -0.320 e. The van der Waals surface area contributed by atoms with Gasteiger partial charge in [0.05, 0.1) is 6.04 Å². The van der Waals surface area contributed by atoms with E-state index in [1.807, 2.05) is 0 Å². The Balaban J connectivity index is 2.08. The molecular weight excluding hydrogens is 274 g/mol. The monoisotopic (exact) mass is 293 g/mol. The number of nitrogens with two attached hydrogens (primary N) is 1. The van der Waals surface area contributed by atoms with Gasteiger partial charge in [0.25, 0.3) is 0 Å². The Morgan fingerprint density at radius 2 is 1.52 bits per heavy atom. The first-order chi connectivity index (χ1) is 10.2. The van der Waals surface area contributed by atoms with Gasteiger partial charge in [0.1, 0.15) is 0 Å². The highest BCUT2D eigenvalue weighted by atomic mass is 32.2. The Morgan fingerprint density at radius 1 is 0.857 bits per heavy atom. The van der Waals surface area contributed by atoms with Crippen LogP contribution >= 0.6 is 11.8 Å². The van der Waals surface area contributed by atoms with Crippen molar-refractivity contribution < 1.29 is 0 Å². The topological polar surface area (TPSA) is 26.0 Å². The molecule has 21 heavy (non-hydrogen) atoms. The molecule has 0 radical (unpaired) electrons. The zero-order chi connectivity index (χ0) is 14.8. The van der Waals surface area contributed by atoms with E-state index in [4.69, 9.17) is 5.73 Å². The first-order valence-corrected chi connectivity index (χ1v) is 8.31. The normalized spacial score (nSPS) is 12.5. The van der Waals surface area contributed by atoms with Crippen molar-refractivity contribution in [2.45, 2.75) is 17.9 Å². The number of aryl methyl sites for hydroxylation is 1. The van der Waals surface area contributed by atoms with Crippen LogP contribution in [0.5, 0.6) is 0 Å². The standard InChI is InChI=1S/C19H19NS/c1-13-7-12-18(17-6-4-3-5-16(13)17)19(20)14-8-10-15(21-2)11-9-14/h3-12,19H,20H2,1-2H3. The SMILES string of the molecule is CSc1ccc(C(N)c2ccc(C)c3ccccc23)cc1. The first-order valence-electron chi connectivity index (χ1n) is 7.08. The van der Waals surface area contributed by atoms with Crippen molar-refractivity contribution in [3.8, 4) is 0 Å². The molecule has 106 valence electrons. The molecule has 3 rings (SSSR count). The van der Waals surface area contributed by atoms with Crippen molar-refractivity contribution in [1.82, 2.24) is 0 Å². The molecule has 0 aliphatic carbocycles. The maximum Gasteiger partial charge on any atom is 0.0557 e. The molecule has 0 saturated carbocycles. The van der Waals surface area contributed by atoms with Crippen molar-refractivity contribution in [2.24, 2.45) is 5.73 Å². The van der Waals surface area contributed by atoms with E-state index in [0.29, 0.717) is 0 Å². The molecule has 1 nitrogen and oxygen atoms in total. The number of thioether (sulfide) groups is 1. The van der Waals surface area contributed by atoms with E-state index < -0.39 is 0 Å². The minimum absolute atomic E-state index is 0.0913. The molecule has 3 aromatic carbocycles. The summed E-state index contributed by atoms with van der Waals surface area (Å²) in [5, 5.41) is 2.53. The molecule has 0 spiro atoms. The fourth-order valence-electron chi connectivity index (χ4n) is 2.74. The minimum atomic E-state index is -0.0913. The summed E-state index contributed by atoms with van der Waals surface area (Å²) < 4.78 is 0.